The van der Waals surface area contributed by atoms with Gasteiger partial charge >= 0.3 is 0 Å². The van der Waals surface area contributed by atoms with Crippen molar-refractivity contribution in [1.29, 1.82) is 0 Å². The first-order valence-electron chi connectivity index (χ1n) is 6.32. The number of benzene rings is 2. The summed E-state index contributed by atoms with van der Waals surface area (Å²) in [5.74, 6) is -0.950. The Morgan fingerprint density at radius 1 is 1.14 bits per heavy atom. The number of rotatable bonds is 3. The zero-order chi connectivity index (χ0) is 15.7. The molecule has 0 fully saturated rings. The monoisotopic (exact) mass is 303 g/mol. The molecule has 0 radical (unpaired) electrons. The predicted octanol–water partition coefficient (Wildman–Crippen LogP) is 3.37. The first kappa shape index (κ1) is 14.0. The quantitative estimate of drug-likeness (QED) is 0.776. The number of halogens is 2. The molecule has 0 aliphatic rings. The SMILES string of the molecule is COc1cc2ncnc(Nc3ccc(F)cc3F)c2cc1O. The summed E-state index contributed by atoms with van der Waals surface area (Å²) in [7, 11) is 1.43. The molecule has 22 heavy (non-hydrogen) atoms. The van der Waals surface area contributed by atoms with Crippen LogP contribution in [0.1, 0.15) is 0 Å². The topological polar surface area (TPSA) is 67.3 Å². The highest BCUT2D eigenvalue weighted by Crippen LogP contribution is 2.33. The van der Waals surface area contributed by atoms with Crippen LogP contribution in [0.3, 0.4) is 0 Å². The van der Waals surface area contributed by atoms with Crippen LogP contribution in [0.15, 0.2) is 36.7 Å². The van der Waals surface area contributed by atoms with Crippen LogP contribution in [0.4, 0.5) is 20.3 Å². The maximum Gasteiger partial charge on any atom is 0.162 e. The standard InChI is InChI=1S/C15H11F2N3O2/c1-22-14-6-12-9(5-13(14)21)15(19-7-18-12)20-11-3-2-8(16)4-10(11)17/h2-7,21H,1H3,(H,18,19,20). The third kappa shape index (κ3) is 2.48. The van der Waals surface area contributed by atoms with E-state index in [1.54, 1.807) is 6.07 Å². The van der Waals surface area contributed by atoms with Crippen molar-refractivity contribution in [2.24, 2.45) is 0 Å². The van der Waals surface area contributed by atoms with Crippen molar-refractivity contribution in [1.82, 2.24) is 9.97 Å². The van der Waals surface area contributed by atoms with Gasteiger partial charge in [0, 0.05) is 17.5 Å². The van der Waals surface area contributed by atoms with E-state index in [1.165, 1.54) is 25.6 Å². The summed E-state index contributed by atoms with van der Waals surface area (Å²) >= 11 is 0. The molecule has 0 unspecified atom stereocenters. The van der Waals surface area contributed by atoms with Crippen molar-refractivity contribution in [3.63, 3.8) is 0 Å². The van der Waals surface area contributed by atoms with Gasteiger partial charge in [-0.25, -0.2) is 18.7 Å². The lowest BCUT2D eigenvalue weighted by Crippen LogP contribution is -1.99. The summed E-state index contributed by atoms with van der Waals surface area (Å²) in [6.45, 7) is 0. The number of nitrogens with one attached hydrogen (secondary N) is 1. The smallest absolute Gasteiger partial charge is 0.162 e. The third-order valence-corrected chi connectivity index (χ3v) is 3.12. The number of fused-ring (bicyclic) bond motifs is 1. The summed E-state index contributed by atoms with van der Waals surface area (Å²) in [5, 5.41) is 13.1. The van der Waals surface area contributed by atoms with E-state index in [9.17, 15) is 13.9 Å². The third-order valence-electron chi connectivity index (χ3n) is 3.12. The minimum atomic E-state index is -0.746. The molecule has 1 aromatic heterocycles. The van der Waals surface area contributed by atoms with Gasteiger partial charge in [0.2, 0.25) is 0 Å². The van der Waals surface area contributed by atoms with E-state index < -0.39 is 11.6 Å². The molecule has 0 spiro atoms. The lowest BCUT2D eigenvalue weighted by atomic mass is 10.2. The second-order valence-electron chi connectivity index (χ2n) is 4.51. The highest BCUT2D eigenvalue weighted by atomic mass is 19.1. The molecule has 3 rings (SSSR count). The molecule has 0 atom stereocenters. The van der Waals surface area contributed by atoms with Gasteiger partial charge in [0.1, 0.15) is 23.8 Å². The summed E-state index contributed by atoms with van der Waals surface area (Å²) in [6, 6.07) is 6.12. The number of methoxy groups -OCH3 is 1. The van der Waals surface area contributed by atoms with Gasteiger partial charge in [0.05, 0.1) is 18.3 Å². The van der Waals surface area contributed by atoms with Crippen LogP contribution in [0.2, 0.25) is 0 Å². The highest BCUT2D eigenvalue weighted by Gasteiger charge is 2.11. The zero-order valence-corrected chi connectivity index (χ0v) is 11.5. The molecular formula is C15H11F2N3O2. The van der Waals surface area contributed by atoms with Crippen LogP contribution in [-0.2, 0) is 0 Å². The molecule has 7 heteroatoms. The molecule has 0 saturated heterocycles. The molecule has 112 valence electrons. The van der Waals surface area contributed by atoms with Gasteiger partial charge in [-0.1, -0.05) is 0 Å². The van der Waals surface area contributed by atoms with Gasteiger partial charge in [0.25, 0.3) is 0 Å². The van der Waals surface area contributed by atoms with Crippen molar-refractivity contribution in [2.45, 2.75) is 0 Å². The Bertz CT molecular complexity index is 856. The molecule has 0 aliphatic carbocycles. The molecule has 0 saturated carbocycles. The van der Waals surface area contributed by atoms with Crippen LogP contribution in [0, 0.1) is 11.6 Å². The molecular weight excluding hydrogens is 292 g/mol. The van der Waals surface area contributed by atoms with E-state index in [-0.39, 0.29) is 23.0 Å². The molecule has 0 aliphatic heterocycles. The number of phenolic OH excluding ortho intramolecular Hbond substituents is 1. The predicted molar refractivity (Wildman–Crippen MR) is 77.4 cm³/mol. The molecule has 2 N–H and O–H groups in total. The zero-order valence-electron chi connectivity index (χ0n) is 11.5. The number of phenols is 1. The Balaban J connectivity index is 2.09. The second-order valence-corrected chi connectivity index (χ2v) is 4.51. The normalized spacial score (nSPS) is 10.7. The van der Waals surface area contributed by atoms with Gasteiger partial charge in [0.15, 0.2) is 11.5 Å². The Hall–Kier alpha value is -2.96. The largest absolute Gasteiger partial charge is 0.504 e. The number of nitrogens with zero attached hydrogens (tertiary/aromatic N) is 2. The Kier molecular flexibility index (Phi) is 3.46. The minimum absolute atomic E-state index is 0.0664. The number of ether oxygens (including phenoxy) is 1. The highest BCUT2D eigenvalue weighted by molar-refractivity contribution is 5.92. The van der Waals surface area contributed by atoms with Gasteiger partial charge < -0.3 is 15.2 Å². The van der Waals surface area contributed by atoms with Crippen molar-refractivity contribution < 1.29 is 18.6 Å². The van der Waals surface area contributed by atoms with Gasteiger partial charge in [-0.05, 0) is 18.2 Å². The van der Waals surface area contributed by atoms with E-state index in [4.69, 9.17) is 4.74 Å². The molecule has 2 aromatic carbocycles. The minimum Gasteiger partial charge on any atom is -0.504 e. The molecule has 0 amide bonds. The van der Waals surface area contributed by atoms with Crippen molar-refractivity contribution >= 4 is 22.4 Å². The van der Waals surface area contributed by atoms with Crippen LogP contribution in [0.25, 0.3) is 10.9 Å². The van der Waals surface area contributed by atoms with E-state index in [1.807, 2.05) is 0 Å². The first-order valence-corrected chi connectivity index (χ1v) is 6.32. The summed E-state index contributed by atoms with van der Waals surface area (Å²) in [6.07, 6.45) is 1.29. The summed E-state index contributed by atoms with van der Waals surface area (Å²) in [4.78, 5) is 8.10. The Morgan fingerprint density at radius 3 is 2.68 bits per heavy atom. The average Bonchev–Trinajstić information content (AvgIpc) is 2.50. The van der Waals surface area contributed by atoms with Crippen molar-refractivity contribution in [3.05, 3.63) is 48.3 Å². The molecule has 3 aromatic rings. The molecule has 1 heterocycles. The fraction of sp³-hybridized carbons (Fsp3) is 0.0667. The lowest BCUT2D eigenvalue weighted by Gasteiger charge is -2.11. The van der Waals surface area contributed by atoms with Gasteiger partial charge in [-0.3, -0.25) is 0 Å². The fourth-order valence-electron chi connectivity index (χ4n) is 2.05. The number of aromatic hydroxyl groups is 1. The fourth-order valence-corrected chi connectivity index (χ4v) is 2.05. The maximum absolute atomic E-state index is 13.7. The molecule has 5 nitrogen and oxygen atoms in total. The van der Waals surface area contributed by atoms with E-state index in [0.717, 1.165) is 12.1 Å². The number of aromatic nitrogens is 2. The maximum atomic E-state index is 13.7. The Morgan fingerprint density at radius 2 is 1.95 bits per heavy atom. The lowest BCUT2D eigenvalue weighted by molar-refractivity contribution is 0.374. The van der Waals surface area contributed by atoms with Crippen LogP contribution >= 0.6 is 0 Å². The summed E-state index contributed by atoms with van der Waals surface area (Å²) in [5.41, 5.74) is 0.575. The number of anilines is 2. The Labute approximate surface area is 124 Å². The van der Waals surface area contributed by atoms with Gasteiger partial charge in [-0.15, -0.1) is 0 Å². The van der Waals surface area contributed by atoms with Gasteiger partial charge in [-0.2, -0.15) is 0 Å². The summed E-state index contributed by atoms with van der Waals surface area (Å²) < 4.78 is 31.7. The molecule has 0 bridgehead atoms. The van der Waals surface area contributed by atoms with Crippen LogP contribution in [0.5, 0.6) is 11.5 Å². The van der Waals surface area contributed by atoms with Crippen LogP contribution < -0.4 is 10.1 Å². The van der Waals surface area contributed by atoms with Crippen molar-refractivity contribution in [2.75, 3.05) is 12.4 Å². The average molecular weight is 303 g/mol. The number of hydrogen-bond acceptors (Lipinski definition) is 5. The van der Waals surface area contributed by atoms with Crippen molar-refractivity contribution in [3.8, 4) is 11.5 Å². The number of hydrogen-bond donors (Lipinski definition) is 2. The van der Waals surface area contributed by atoms with E-state index in [2.05, 4.69) is 15.3 Å². The van der Waals surface area contributed by atoms with E-state index >= 15 is 0 Å². The van der Waals surface area contributed by atoms with E-state index in [0.29, 0.717) is 10.9 Å². The first-order chi connectivity index (χ1) is 10.6. The van der Waals surface area contributed by atoms with Crippen LogP contribution in [-0.4, -0.2) is 22.2 Å². The second kappa shape index (κ2) is 5.44.